The number of hydrogen-bond acceptors (Lipinski definition) is 4. The molecule has 80 valence electrons. The second-order valence-corrected chi connectivity index (χ2v) is 4.17. The van der Waals surface area contributed by atoms with E-state index in [0.29, 0.717) is 0 Å². The van der Waals surface area contributed by atoms with Crippen molar-refractivity contribution >= 4 is 34.2 Å². The summed E-state index contributed by atoms with van der Waals surface area (Å²) in [5.41, 5.74) is 0. The predicted octanol–water partition coefficient (Wildman–Crippen LogP) is 1.48. The zero-order chi connectivity index (χ0) is 11.4. The van der Waals surface area contributed by atoms with Crippen molar-refractivity contribution in [3.63, 3.8) is 0 Å². The van der Waals surface area contributed by atoms with Crippen LogP contribution in [0, 0.1) is 0 Å². The molecule has 0 aromatic carbocycles. The van der Waals surface area contributed by atoms with E-state index < -0.39 is 11.8 Å². The maximum Gasteiger partial charge on any atom is 0.376 e. The third kappa shape index (κ3) is 3.21. The summed E-state index contributed by atoms with van der Waals surface area (Å²) in [5.74, 6) is -2.34. The monoisotopic (exact) mass is 225 g/mol. The summed E-state index contributed by atoms with van der Waals surface area (Å²) < 4.78 is 0. The maximum atomic E-state index is 10.8. The number of thiophene rings is 1. The maximum absolute atomic E-state index is 10.8. The Kier molecular flexibility index (Phi) is 3.62. The molecule has 0 radical (unpaired) electrons. The van der Waals surface area contributed by atoms with E-state index in [1.165, 1.54) is 17.4 Å². The third-order valence-corrected chi connectivity index (χ3v) is 2.88. The van der Waals surface area contributed by atoms with Crippen LogP contribution in [0.25, 0.3) is 6.08 Å². The molecule has 1 aromatic rings. The first-order valence-electron chi connectivity index (χ1n) is 4.23. The third-order valence-electron chi connectivity index (χ3n) is 1.66. The largest absolute Gasteiger partial charge is 0.475 e. The van der Waals surface area contributed by atoms with Gasteiger partial charge in [0, 0.05) is 19.0 Å². The number of aliphatic carboxylic acids is 1. The molecule has 1 aromatic heterocycles. The number of carboxylic acids is 1. The van der Waals surface area contributed by atoms with Crippen molar-refractivity contribution in [2.75, 3.05) is 19.0 Å². The second-order valence-electron chi connectivity index (χ2n) is 3.07. The molecular weight excluding hydrogens is 214 g/mol. The van der Waals surface area contributed by atoms with Gasteiger partial charge in [0.15, 0.2) is 0 Å². The predicted molar refractivity (Wildman–Crippen MR) is 60.3 cm³/mol. The lowest BCUT2D eigenvalue weighted by Gasteiger charge is -2.06. The van der Waals surface area contributed by atoms with E-state index in [-0.39, 0.29) is 0 Å². The van der Waals surface area contributed by atoms with Gasteiger partial charge in [0.25, 0.3) is 5.78 Å². The topological polar surface area (TPSA) is 57.6 Å². The van der Waals surface area contributed by atoms with Gasteiger partial charge in [-0.05, 0) is 24.3 Å². The van der Waals surface area contributed by atoms with Gasteiger partial charge in [-0.1, -0.05) is 0 Å². The highest BCUT2D eigenvalue weighted by atomic mass is 32.1. The SMILES string of the molecule is CN(C)c1ccc(/C=C/C(=O)C(=O)O)s1. The fourth-order valence-electron chi connectivity index (χ4n) is 0.901. The van der Waals surface area contributed by atoms with Crippen LogP contribution >= 0.6 is 11.3 Å². The minimum Gasteiger partial charge on any atom is -0.475 e. The van der Waals surface area contributed by atoms with Crippen molar-refractivity contribution in [2.45, 2.75) is 0 Å². The molecule has 0 aliphatic heterocycles. The molecule has 0 atom stereocenters. The Balaban J connectivity index is 2.73. The molecular formula is C10H11NO3S. The molecule has 0 amide bonds. The van der Waals surface area contributed by atoms with Crippen LogP contribution in [0.5, 0.6) is 0 Å². The quantitative estimate of drug-likeness (QED) is 0.623. The van der Waals surface area contributed by atoms with Crippen LogP contribution < -0.4 is 4.90 Å². The summed E-state index contributed by atoms with van der Waals surface area (Å²) in [6.45, 7) is 0. The second kappa shape index (κ2) is 4.75. The van der Waals surface area contributed by atoms with Crippen LogP contribution in [-0.4, -0.2) is 31.0 Å². The smallest absolute Gasteiger partial charge is 0.376 e. The van der Waals surface area contributed by atoms with Gasteiger partial charge < -0.3 is 10.0 Å². The van der Waals surface area contributed by atoms with Crippen LogP contribution in [0.1, 0.15) is 4.88 Å². The first-order chi connectivity index (χ1) is 7.00. The molecule has 15 heavy (non-hydrogen) atoms. The summed E-state index contributed by atoms with van der Waals surface area (Å²) in [4.78, 5) is 23.8. The Bertz CT molecular complexity index is 407. The van der Waals surface area contributed by atoms with Gasteiger partial charge in [-0.15, -0.1) is 11.3 Å². The molecule has 0 fully saturated rings. The standard InChI is InChI=1S/C10H11NO3S/c1-11(2)9-6-4-7(15-9)3-5-8(12)10(13)14/h3-6H,1-2H3,(H,13,14)/b5-3+. The molecule has 0 unspecified atom stereocenters. The minimum absolute atomic E-state index is 0.855. The van der Waals surface area contributed by atoms with Crippen LogP contribution in [0.4, 0.5) is 5.00 Å². The molecule has 0 aliphatic rings. The van der Waals surface area contributed by atoms with E-state index in [0.717, 1.165) is 16.0 Å². The number of carbonyl (C=O) groups is 2. The molecule has 1 N–H and O–H groups in total. The molecule has 0 spiro atoms. The molecule has 0 saturated carbocycles. The molecule has 0 bridgehead atoms. The first-order valence-corrected chi connectivity index (χ1v) is 5.05. The fourth-order valence-corrected chi connectivity index (χ4v) is 1.73. The van der Waals surface area contributed by atoms with Gasteiger partial charge in [-0.25, -0.2) is 4.79 Å². The summed E-state index contributed by atoms with van der Waals surface area (Å²) in [6, 6.07) is 3.75. The van der Waals surface area contributed by atoms with E-state index in [1.807, 2.05) is 31.1 Å². The lowest BCUT2D eigenvalue weighted by Crippen LogP contribution is -2.08. The van der Waals surface area contributed by atoms with Gasteiger partial charge >= 0.3 is 5.97 Å². The number of carboxylic acid groups (broad SMARTS) is 1. The Hall–Kier alpha value is -1.62. The van der Waals surface area contributed by atoms with E-state index in [4.69, 9.17) is 5.11 Å². The first kappa shape index (κ1) is 11.5. The van der Waals surface area contributed by atoms with E-state index in [9.17, 15) is 9.59 Å². The number of rotatable bonds is 4. The zero-order valence-corrected chi connectivity index (χ0v) is 9.25. The lowest BCUT2D eigenvalue weighted by atomic mass is 10.3. The average Bonchev–Trinajstić information content (AvgIpc) is 2.62. The highest BCUT2D eigenvalue weighted by Gasteiger charge is 2.06. The molecule has 0 aliphatic carbocycles. The van der Waals surface area contributed by atoms with Crippen molar-refractivity contribution in [3.8, 4) is 0 Å². The Morgan fingerprint density at radius 2 is 2.07 bits per heavy atom. The number of anilines is 1. The van der Waals surface area contributed by atoms with Gasteiger partial charge in [0.1, 0.15) is 0 Å². The number of hydrogen-bond donors (Lipinski definition) is 1. The lowest BCUT2D eigenvalue weighted by molar-refractivity contribution is -0.146. The number of nitrogens with zero attached hydrogens (tertiary/aromatic N) is 1. The van der Waals surface area contributed by atoms with Gasteiger partial charge in [-0.2, -0.15) is 0 Å². The zero-order valence-electron chi connectivity index (χ0n) is 8.43. The Morgan fingerprint density at radius 1 is 1.40 bits per heavy atom. The summed E-state index contributed by atoms with van der Waals surface area (Å²) in [7, 11) is 3.84. The Labute approximate surface area is 91.4 Å². The number of ketones is 1. The summed E-state index contributed by atoms with van der Waals surface area (Å²) in [6.07, 6.45) is 2.57. The molecule has 0 saturated heterocycles. The molecule has 5 heteroatoms. The van der Waals surface area contributed by atoms with Crippen LogP contribution in [0.15, 0.2) is 18.2 Å². The van der Waals surface area contributed by atoms with E-state index >= 15 is 0 Å². The van der Waals surface area contributed by atoms with Crippen molar-refractivity contribution in [1.29, 1.82) is 0 Å². The van der Waals surface area contributed by atoms with E-state index in [2.05, 4.69) is 0 Å². The van der Waals surface area contributed by atoms with Crippen molar-refractivity contribution in [3.05, 3.63) is 23.1 Å². The van der Waals surface area contributed by atoms with Crippen LogP contribution in [0.2, 0.25) is 0 Å². The van der Waals surface area contributed by atoms with Crippen molar-refractivity contribution < 1.29 is 14.7 Å². The Morgan fingerprint density at radius 3 is 2.53 bits per heavy atom. The molecule has 1 rings (SSSR count). The highest BCUT2D eigenvalue weighted by Crippen LogP contribution is 2.24. The molecule has 1 heterocycles. The molecule has 4 nitrogen and oxygen atoms in total. The fraction of sp³-hybridized carbons (Fsp3) is 0.200. The summed E-state index contributed by atoms with van der Waals surface area (Å²) >= 11 is 1.49. The van der Waals surface area contributed by atoms with E-state index in [1.54, 1.807) is 0 Å². The minimum atomic E-state index is -1.43. The highest BCUT2D eigenvalue weighted by molar-refractivity contribution is 7.16. The van der Waals surface area contributed by atoms with Gasteiger partial charge in [0.2, 0.25) is 0 Å². The summed E-state index contributed by atoms with van der Waals surface area (Å²) in [5, 5.41) is 9.40. The normalized spacial score (nSPS) is 10.5. The van der Waals surface area contributed by atoms with Crippen LogP contribution in [0.3, 0.4) is 0 Å². The van der Waals surface area contributed by atoms with Crippen molar-refractivity contribution in [1.82, 2.24) is 0 Å². The average molecular weight is 225 g/mol. The van der Waals surface area contributed by atoms with Crippen LogP contribution in [-0.2, 0) is 9.59 Å². The van der Waals surface area contributed by atoms with Gasteiger partial charge in [0.05, 0.1) is 5.00 Å². The van der Waals surface area contributed by atoms with Gasteiger partial charge in [-0.3, -0.25) is 4.79 Å². The number of carbonyl (C=O) groups excluding carboxylic acids is 1. The van der Waals surface area contributed by atoms with Crippen molar-refractivity contribution in [2.24, 2.45) is 0 Å².